The Morgan fingerprint density at radius 2 is 1.61 bits per heavy atom. The van der Waals surface area contributed by atoms with Crippen LogP contribution in [0.1, 0.15) is 27.0 Å². The van der Waals surface area contributed by atoms with Gasteiger partial charge in [-0.1, -0.05) is 54.6 Å². The maximum atomic E-state index is 12.7. The largest absolute Gasteiger partial charge is 0.375 e. The van der Waals surface area contributed by atoms with Crippen molar-refractivity contribution < 1.29 is 14.6 Å². The molecular formula is C24H27N4O3+. The number of amides is 1. The van der Waals surface area contributed by atoms with Crippen molar-refractivity contribution in [2.24, 2.45) is 0 Å². The molecule has 0 fully saturated rings. The Morgan fingerprint density at radius 3 is 2.29 bits per heavy atom. The second-order valence-electron chi connectivity index (χ2n) is 7.66. The highest BCUT2D eigenvalue weighted by atomic mass is 16.6. The van der Waals surface area contributed by atoms with Gasteiger partial charge in [-0.05, 0) is 23.3 Å². The van der Waals surface area contributed by atoms with E-state index >= 15 is 0 Å². The van der Waals surface area contributed by atoms with Gasteiger partial charge in [-0.25, -0.2) is 0 Å². The summed E-state index contributed by atoms with van der Waals surface area (Å²) in [7, 11) is 4.14. The van der Waals surface area contributed by atoms with Crippen LogP contribution in [0.25, 0.3) is 0 Å². The number of carbonyl (C=O) groups is 1. The average molecular weight is 420 g/mol. The number of hydrogen-bond donors (Lipinski definition) is 3. The van der Waals surface area contributed by atoms with Gasteiger partial charge in [0.15, 0.2) is 0 Å². The van der Waals surface area contributed by atoms with Crippen molar-refractivity contribution in [2.75, 3.05) is 19.4 Å². The van der Waals surface area contributed by atoms with Crippen LogP contribution in [0, 0.1) is 10.1 Å². The number of benzene rings is 3. The third-order valence-corrected chi connectivity index (χ3v) is 4.88. The second-order valence-corrected chi connectivity index (χ2v) is 7.66. The lowest BCUT2D eigenvalue weighted by molar-refractivity contribution is -0.872. The number of nitro benzene ring substituents is 1. The van der Waals surface area contributed by atoms with Gasteiger partial charge in [0.1, 0.15) is 12.2 Å². The first-order chi connectivity index (χ1) is 14.9. The van der Waals surface area contributed by atoms with Crippen LogP contribution in [-0.4, -0.2) is 24.9 Å². The van der Waals surface area contributed by atoms with Crippen LogP contribution in [0.4, 0.5) is 11.4 Å². The lowest BCUT2D eigenvalue weighted by Crippen LogP contribution is -3.04. The van der Waals surface area contributed by atoms with Gasteiger partial charge in [0.2, 0.25) is 0 Å². The third-order valence-electron chi connectivity index (χ3n) is 4.88. The zero-order valence-corrected chi connectivity index (χ0v) is 17.7. The molecule has 0 bridgehead atoms. The Balaban J connectivity index is 1.70. The first-order valence-corrected chi connectivity index (χ1v) is 10.1. The molecule has 0 atom stereocenters. The molecular weight excluding hydrogens is 392 g/mol. The molecule has 7 nitrogen and oxygen atoms in total. The number of nitrogens with one attached hydrogen (secondary N) is 3. The van der Waals surface area contributed by atoms with E-state index in [9.17, 15) is 14.9 Å². The van der Waals surface area contributed by atoms with Gasteiger partial charge in [-0.2, -0.15) is 0 Å². The van der Waals surface area contributed by atoms with Crippen molar-refractivity contribution in [1.82, 2.24) is 5.32 Å². The van der Waals surface area contributed by atoms with Crippen LogP contribution in [0.2, 0.25) is 0 Å². The molecule has 0 spiro atoms. The fraction of sp³-hybridized carbons (Fsp3) is 0.208. The lowest BCUT2D eigenvalue weighted by Gasteiger charge is -2.13. The molecule has 0 aliphatic heterocycles. The van der Waals surface area contributed by atoms with Gasteiger partial charge in [-0.3, -0.25) is 14.9 Å². The molecule has 31 heavy (non-hydrogen) atoms. The van der Waals surface area contributed by atoms with Crippen LogP contribution in [0.5, 0.6) is 0 Å². The molecule has 3 aromatic carbocycles. The molecule has 0 saturated heterocycles. The number of nitrogens with zero attached hydrogens (tertiary/aromatic N) is 1. The first kappa shape index (κ1) is 22.0. The van der Waals surface area contributed by atoms with Crippen molar-refractivity contribution in [3.63, 3.8) is 0 Å². The average Bonchev–Trinajstić information content (AvgIpc) is 2.77. The molecule has 0 aromatic heterocycles. The highest BCUT2D eigenvalue weighted by molar-refractivity contribution is 5.95. The molecule has 3 N–H and O–H groups in total. The molecule has 0 saturated carbocycles. The minimum atomic E-state index is -0.473. The molecule has 160 valence electrons. The lowest BCUT2D eigenvalue weighted by atomic mass is 10.1. The summed E-state index contributed by atoms with van der Waals surface area (Å²) < 4.78 is 0. The maximum absolute atomic E-state index is 12.7. The summed E-state index contributed by atoms with van der Waals surface area (Å²) in [6, 6.07) is 22.1. The Morgan fingerprint density at radius 1 is 0.935 bits per heavy atom. The molecule has 0 heterocycles. The SMILES string of the molecule is C[NH+](C)Cc1ccccc1CNC(=O)c1ccc(NCc2ccccc2)c([N+](=O)[O-])c1. The van der Waals surface area contributed by atoms with Crippen molar-refractivity contribution in [3.05, 3.63) is 105 Å². The second kappa shape index (κ2) is 10.4. The maximum Gasteiger partial charge on any atom is 0.293 e. The predicted molar refractivity (Wildman–Crippen MR) is 121 cm³/mol. The normalized spacial score (nSPS) is 10.7. The summed E-state index contributed by atoms with van der Waals surface area (Å²) in [5.41, 5.74) is 3.72. The molecule has 0 unspecified atom stereocenters. The summed E-state index contributed by atoms with van der Waals surface area (Å²) in [4.78, 5) is 25.0. The predicted octanol–water partition coefficient (Wildman–Crippen LogP) is 2.78. The smallest absolute Gasteiger partial charge is 0.293 e. The van der Waals surface area contributed by atoms with Crippen LogP contribution in [-0.2, 0) is 19.6 Å². The van der Waals surface area contributed by atoms with Crippen molar-refractivity contribution >= 4 is 17.3 Å². The monoisotopic (exact) mass is 419 g/mol. The zero-order valence-electron chi connectivity index (χ0n) is 17.7. The van der Waals surface area contributed by atoms with E-state index in [-0.39, 0.29) is 17.2 Å². The minimum absolute atomic E-state index is 0.125. The summed E-state index contributed by atoms with van der Waals surface area (Å²) >= 11 is 0. The number of hydrogen-bond acceptors (Lipinski definition) is 4. The summed E-state index contributed by atoms with van der Waals surface area (Å²) in [6.07, 6.45) is 0. The van der Waals surface area contributed by atoms with Gasteiger partial charge in [0.05, 0.1) is 19.0 Å². The Hall–Kier alpha value is -3.71. The fourth-order valence-electron chi connectivity index (χ4n) is 3.33. The molecule has 7 heteroatoms. The van der Waals surface area contributed by atoms with Crippen LogP contribution in [0.3, 0.4) is 0 Å². The number of rotatable bonds is 9. The Labute approximate surface area is 181 Å². The fourth-order valence-corrected chi connectivity index (χ4v) is 3.33. The van der Waals surface area contributed by atoms with E-state index < -0.39 is 4.92 Å². The summed E-state index contributed by atoms with van der Waals surface area (Å²) in [6.45, 7) is 1.67. The topological polar surface area (TPSA) is 88.7 Å². The number of quaternary nitrogens is 1. The van der Waals surface area contributed by atoms with Crippen molar-refractivity contribution in [3.8, 4) is 0 Å². The number of anilines is 1. The molecule has 0 aliphatic carbocycles. The molecule has 1 amide bonds. The summed E-state index contributed by atoms with van der Waals surface area (Å²) in [5.74, 6) is -0.343. The minimum Gasteiger partial charge on any atom is -0.375 e. The van der Waals surface area contributed by atoms with Gasteiger partial charge < -0.3 is 15.5 Å². The Bertz CT molecular complexity index is 1050. The third kappa shape index (κ3) is 6.13. The zero-order chi connectivity index (χ0) is 22.2. The van der Waals surface area contributed by atoms with Crippen molar-refractivity contribution in [1.29, 1.82) is 0 Å². The van der Waals surface area contributed by atoms with Gasteiger partial charge in [0, 0.05) is 30.3 Å². The Kier molecular flexibility index (Phi) is 7.35. The number of carbonyl (C=O) groups excluding carboxylic acids is 1. The van der Waals surface area contributed by atoms with Crippen LogP contribution in [0.15, 0.2) is 72.8 Å². The molecule has 3 rings (SSSR count). The van der Waals surface area contributed by atoms with Crippen molar-refractivity contribution in [2.45, 2.75) is 19.6 Å². The van der Waals surface area contributed by atoms with Gasteiger partial charge >= 0.3 is 0 Å². The van der Waals surface area contributed by atoms with Gasteiger partial charge in [-0.15, -0.1) is 0 Å². The van der Waals surface area contributed by atoms with Crippen LogP contribution >= 0.6 is 0 Å². The van der Waals surface area contributed by atoms with E-state index in [1.807, 2.05) is 54.6 Å². The number of nitro groups is 1. The quantitative estimate of drug-likeness (QED) is 0.368. The van der Waals surface area contributed by atoms with E-state index in [0.29, 0.717) is 18.8 Å². The molecule has 0 aliphatic rings. The molecule has 0 radical (unpaired) electrons. The molecule has 3 aromatic rings. The van der Waals surface area contributed by atoms with E-state index in [2.05, 4.69) is 24.7 Å². The van der Waals surface area contributed by atoms with E-state index in [1.54, 1.807) is 12.1 Å². The summed E-state index contributed by atoms with van der Waals surface area (Å²) in [5, 5.41) is 17.5. The first-order valence-electron chi connectivity index (χ1n) is 10.1. The van der Waals surface area contributed by atoms with Gasteiger partial charge in [0.25, 0.3) is 11.6 Å². The van der Waals surface area contributed by atoms with Crippen LogP contribution < -0.4 is 15.5 Å². The van der Waals surface area contributed by atoms with E-state index in [1.165, 1.54) is 11.0 Å². The standard InChI is InChI=1S/C24H26N4O3/c1-27(2)17-21-11-7-6-10-20(21)16-26-24(29)19-12-13-22(23(14-19)28(30)31)25-15-18-8-4-3-5-9-18/h3-14,25H,15-17H2,1-2H3,(H,26,29)/p+1. The van der Waals surface area contributed by atoms with E-state index in [0.717, 1.165) is 23.2 Å². The van der Waals surface area contributed by atoms with E-state index in [4.69, 9.17) is 0 Å². The highest BCUT2D eigenvalue weighted by Crippen LogP contribution is 2.26. The highest BCUT2D eigenvalue weighted by Gasteiger charge is 2.18.